The van der Waals surface area contributed by atoms with E-state index in [1.165, 1.54) is 11.1 Å². The maximum atomic E-state index is 13.1. The van der Waals surface area contributed by atoms with Gasteiger partial charge in [-0.3, -0.25) is 0 Å². The number of nitrogens with zero attached hydrogens (tertiary/aromatic N) is 3. The third-order valence-corrected chi connectivity index (χ3v) is 6.20. The Bertz CT molecular complexity index is 802. The van der Waals surface area contributed by atoms with Crippen molar-refractivity contribution in [2.75, 3.05) is 47.0 Å². The Balaban J connectivity index is 1.83. The first-order valence-corrected chi connectivity index (χ1v) is 10.9. The van der Waals surface area contributed by atoms with Crippen molar-refractivity contribution in [3.63, 3.8) is 0 Å². The average Bonchev–Trinajstić information content (AvgIpc) is 2.75. The van der Waals surface area contributed by atoms with Crippen molar-refractivity contribution in [1.82, 2.24) is 9.80 Å². The number of urea groups is 1. The molecule has 7 heteroatoms. The molecule has 0 aliphatic carbocycles. The summed E-state index contributed by atoms with van der Waals surface area (Å²) >= 11 is 0. The number of hydrogen-bond donors (Lipinski definition) is 1. The van der Waals surface area contributed by atoms with E-state index in [-0.39, 0.29) is 23.8 Å². The predicted octanol–water partition coefficient (Wildman–Crippen LogP) is 3.04. The summed E-state index contributed by atoms with van der Waals surface area (Å²) in [4.78, 5) is 21.3. The molecule has 0 radical (unpaired) electrons. The molecular weight excluding hydrogens is 394 g/mol. The molecule has 0 aromatic heterocycles. The number of aryl methyl sites for hydroxylation is 1. The molecule has 2 fully saturated rings. The van der Waals surface area contributed by atoms with Crippen LogP contribution in [0.25, 0.3) is 0 Å². The van der Waals surface area contributed by atoms with Crippen LogP contribution in [0, 0.1) is 18.8 Å². The lowest BCUT2D eigenvalue weighted by Crippen LogP contribution is -2.59. The van der Waals surface area contributed by atoms with Gasteiger partial charge in [-0.1, -0.05) is 43.3 Å². The van der Waals surface area contributed by atoms with Crippen molar-refractivity contribution in [1.29, 1.82) is 0 Å². The summed E-state index contributed by atoms with van der Waals surface area (Å²) < 4.78 is 10.9. The third kappa shape index (κ3) is 5.66. The van der Waals surface area contributed by atoms with Gasteiger partial charge in [0.25, 0.3) is 0 Å². The molecule has 2 heterocycles. The molecule has 1 N–H and O–H groups in total. The highest BCUT2D eigenvalue weighted by Gasteiger charge is 2.38. The normalized spacial score (nSPS) is 23.3. The molecule has 0 spiro atoms. The molecule has 1 aromatic rings. The molecule has 2 aliphatic heterocycles. The molecule has 0 bridgehead atoms. The van der Waals surface area contributed by atoms with Crippen LogP contribution in [0.15, 0.2) is 41.5 Å². The Kier molecular flexibility index (Phi) is 7.73. The van der Waals surface area contributed by atoms with Gasteiger partial charge in [0.15, 0.2) is 5.90 Å². The highest BCUT2D eigenvalue weighted by molar-refractivity contribution is 5.82. The summed E-state index contributed by atoms with van der Waals surface area (Å²) in [6.45, 7) is 10.7. The van der Waals surface area contributed by atoms with Crippen molar-refractivity contribution >= 4 is 11.9 Å². The first-order valence-electron chi connectivity index (χ1n) is 10.9. The van der Waals surface area contributed by atoms with Crippen molar-refractivity contribution in [3.05, 3.63) is 47.7 Å². The van der Waals surface area contributed by atoms with E-state index in [1.54, 1.807) is 19.1 Å². The SMILES string of the molecule is C=C(N=C(OC)C1CC(c2ccc(C)cc2)CN(C(=O)N2CC(O)C2)C1)C(C)COC. The molecule has 7 nitrogen and oxygen atoms in total. The van der Waals surface area contributed by atoms with E-state index in [0.717, 1.165) is 6.42 Å². The van der Waals surface area contributed by atoms with Gasteiger partial charge in [-0.25, -0.2) is 9.79 Å². The molecule has 31 heavy (non-hydrogen) atoms. The number of aliphatic imine (C=N–C) groups is 1. The summed E-state index contributed by atoms with van der Waals surface area (Å²) in [7, 11) is 3.29. The summed E-state index contributed by atoms with van der Waals surface area (Å²) in [6, 6.07) is 8.46. The fourth-order valence-corrected chi connectivity index (χ4v) is 4.23. The van der Waals surface area contributed by atoms with Gasteiger partial charge in [0.05, 0.1) is 38.8 Å². The molecule has 0 saturated carbocycles. The maximum absolute atomic E-state index is 13.1. The molecule has 2 aliphatic rings. The zero-order valence-electron chi connectivity index (χ0n) is 19.1. The molecule has 3 atom stereocenters. The lowest BCUT2D eigenvalue weighted by Gasteiger charge is -2.44. The number of methoxy groups -OCH3 is 2. The van der Waals surface area contributed by atoms with Crippen LogP contribution in [0.2, 0.25) is 0 Å². The van der Waals surface area contributed by atoms with Gasteiger partial charge in [0.2, 0.25) is 0 Å². The Morgan fingerprint density at radius 3 is 2.42 bits per heavy atom. The van der Waals surface area contributed by atoms with Crippen LogP contribution in [-0.4, -0.2) is 79.9 Å². The number of aliphatic hydroxyl groups is 1. The van der Waals surface area contributed by atoms with E-state index in [1.807, 2.05) is 11.8 Å². The van der Waals surface area contributed by atoms with Crippen LogP contribution in [0.3, 0.4) is 0 Å². The van der Waals surface area contributed by atoms with Gasteiger partial charge in [0, 0.05) is 37.7 Å². The number of amides is 2. The van der Waals surface area contributed by atoms with Gasteiger partial charge < -0.3 is 24.4 Å². The number of benzene rings is 1. The zero-order chi connectivity index (χ0) is 22.5. The van der Waals surface area contributed by atoms with Crippen LogP contribution in [0.5, 0.6) is 0 Å². The summed E-state index contributed by atoms with van der Waals surface area (Å²) in [6.07, 6.45) is 0.424. The summed E-state index contributed by atoms with van der Waals surface area (Å²) in [5.41, 5.74) is 3.12. The molecule has 2 amide bonds. The third-order valence-electron chi connectivity index (χ3n) is 6.20. The number of hydrogen-bond acceptors (Lipinski definition) is 5. The fraction of sp³-hybridized carbons (Fsp3) is 0.583. The lowest BCUT2D eigenvalue weighted by molar-refractivity contribution is 0.0110. The standard InChI is InChI=1S/C24H35N3O4/c1-16-6-8-19(9-7-16)20-10-21(23(31-5)25-18(3)17(2)15-30-4)12-26(11-20)24(29)27-13-22(28)14-27/h6-9,17,20-22,28H,3,10-15H2,1-2,4-5H3. The number of piperidine rings is 1. The molecular formula is C24H35N3O4. The molecule has 3 unspecified atom stereocenters. The number of likely N-dealkylation sites (tertiary alicyclic amines) is 2. The first kappa shape index (κ1) is 23.3. The van der Waals surface area contributed by atoms with Crippen LogP contribution in [0.1, 0.15) is 30.4 Å². The Labute approximate surface area is 185 Å². The number of ether oxygens (including phenoxy) is 2. The Morgan fingerprint density at radius 2 is 1.84 bits per heavy atom. The maximum Gasteiger partial charge on any atom is 0.320 e. The van der Waals surface area contributed by atoms with Crippen molar-refractivity contribution in [2.45, 2.75) is 32.3 Å². The minimum atomic E-state index is -0.417. The van der Waals surface area contributed by atoms with Gasteiger partial charge in [-0.05, 0) is 18.9 Å². The van der Waals surface area contributed by atoms with E-state index < -0.39 is 6.10 Å². The minimum absolute atomic E-state index is 0.0332. The predicted molar refractivity (Wildman–Crippen MR) is 121 cm³/mol. The number of carbonyl (C=O) groups excluding carboxylic acids is 1. The van der Waals surface area contributed by atoms with E-state index in [2.05, 4.69) is 37.8 Å². The Morgan fingerprint density at radius 1 is 1.19 bits per heavy atom. The second kappa shape index (κ2) is 10.3. The minimum Gasteiger partial charge on any atom is -0.484 e. The molecule has 1 aromatic carbocycles. The second-order valence-corrected chi connectivity index (χ2v) is 8.79. The van der Waals surface area contributed by atoms with Gasteiger partial charge in [-0.15, -0.1) is 0 Å². The van der Waals surface area contributed by atoms with Crippen molar-refractivity contribution in [2.24, 2.45) is 16.8 Å². The number of carbonyl (C=O) groups is 1. The average molecular weight is 430 g/mol. The zero-order valence-corrected chi connectivity index (χ0v) is 19.1. The van der Waals surface area contributed by atoms with Gasteiger partial charge in [-0.2, -0.15) is 0 Å². The van der Waals surface area contributed by atoms with Crippen molar-refractivity contribution in [3.8, 4) is 0 Å². The summed E-state index contributed by atoms with van der Waals surface area (Å²) in [5, 5.41) is 9.62. The monoisotopic (exact) mass is 429 g/mol. The molecule has 3 rings (SSSR count). The second-order valence-electron chi connectivity index (χ2n) is 8.79. The number of β-amino-alcohol motifs (C(OH)–C–C–N with tert-alkyl or cyclic N) is 1. The molecule has 170 valence electrons. The van der Waals surface area contributed by atoms with E-state index >= 15 is 0 Å². The van der Waals surface area contributed by atoms with E-state index in [0.29, 0.717) is 44.4 Å². The first-order chi connectivity index (χ1) is 14.8. The van der Waals surface area contributed by atoms with Gasteiger partial charge in [0.1, 0.15) is 0 Å². The highest BCUT2D eigenvalue weighted by atomic mass is 16.5. The molecule has 2 saturated heterocycles. The van der Waals surface area contributed by atoms with Crippen molar-refractivity contribution < 1.29 is 19.4 Å². The quantitative estimate of drug-likeness (QED) is 0.557. The van der Waals surface area contributed by atoms with E-state index in [4.69, 9.17) is 14.5 Å². The smallest absolute Gasteiger partial charge is 0.320 e. The number of rotatable bonds is 6. The largest absolute Gasteiger partial charge is 0.484 e. The lowest BCUT2D eigenvalue weighted by atomic mass is 9.84. The topological polar surface area (TPSA) is 74.6 Å². The Hall–Kier alpha value is -2.38. The number of aliphatic hydroxyl groups excluding tert-OH is 1. The van der Waals surface area contributed by atoms with Crippen LogP contribution in [-0.2, 0) is 9.47 Å². The van der Waals surface area contributed by atoms with Crippen LogP contribution < -0.4 is 0 Å². The summed E-state index contributed by atoms with van der Waals surface area (Å²) in [5.74, 6) is 0.823. The van der Waals surface area contributed by atoms with E-state index in [9.17, 15) is 9.90 Å². The fourth-order valence-electron chi connectivity index (χ4n) is 4.23. The van der Waals surface area contributed by atoms with Crippen LogP contribution in [0.4, 0.5) is 4.79 Å². The van der Waals surface area contributed by atoms with Gasteiger partial charge >= 0.3 is 6.03 Å². The highest BCUT2D eigenvalue weighted by Crippen LogP contribution is 2.33. The van der Waals surface area contributed by atoms with Crippen LogP contribution >= 0.6 is 0 Å².